The Labute approximate surface area is 128 Å². The minimum atomic E-state index is 0.380. The van der Waals surface area contributed by atoms with Crippen LogP contribution in [0.2, 0.25) is 0 Å². The van der Waals surface area contributed by atoms with Gasteiger partial charge in [0.2, 0.25) is 5.13 Å². The van der Waals surface area contributed by atoms with E-state index in [1.807, 2.05) is 12.1 Å². The molecule has 0 atom stereocenters. The number of rotatable bonds is 7. The second-order valence-corrected chi connectivity index (χ2v) is 7.00. The van der Waals surface area contributed by atoms with Crippen LogP contribution in [0.5, 0.6) is 5.75 Å². The van der Waals surface area contributed by atoms with Crippen LogP contribution < -0.4 is 10.1 Å². The van der Waals surface area contributed by atoms with Crippen molar-refractivity contribution in [2.75, 3.05) is 17.7 Å². The maximum atomic E-state index is 5.67. The summed E-state index contributed by atoms with van der Waals surface area (Å²) >= 11 is 3.25. The number of hydrogen-bond donors (Lipinski definition) is 1. The Morgan fingerprint density at radius 3 is 2.70 bits per heavy atom. The van der Waals surface area contributed by atoms with Crippen LogP contribution >= 0.6 is 23.1 Å². The molecule has 1 N–H and O–H groups in total. The maximum absolute atomic E-state index is 5.67. The molecule has 0 saturated carbocycles. The van der Waals surface area contributed by atoms with E-state index < -0.39 is 0 Å². The molecule has 2 rings (SSSR count). The first kappa shape index (κ1) is 15.1. The number of ether oxygens (including phenoxy) is 1. The van der Waals surface area contributed by atoms with E-state index in [1.54, 1.807) is 23.1 Å². The van der Waals surface area contributed by atoms with E-state index >= 15 is 0 Å². The van der Waals surface area contributed by atoms with E-state index in [-0.39, 0.29) is 0 Å². The fourth-order valence-corrected chi connectivity index (χ4v) is 3.28. The van der Waals surface area contributed by atoms with Gasteiger partial charge in [-0.15, -0.1) is 10.2 Å². The quantitative estimate of drug-likeness (QED) is 0.622. The third kappa shape index (κ3) is 5.02. The van der Waals surface area contributed by atoms with Gasteiger partial charge in [-0.3, -0.25) is 0 Å². The van der Waals surface area contributed by atoms with Gasteiger partial charge in [-0.05, 0) is 32.9 Å². The zero-order valence-electron chi connectivity index (χ0n) is 11.9. The lowest BCUT2D eigenvalue weighted by Crippen LogP contribution is -2.08. The van der Waals surface area contributed by atoms with E-state index in [9.17, 15) is 0 Å². The lowest BCUT2D eigenvalue weighted by atomic mass is 10.2. The van der Waals surface area contributed by atoms with Crippen LogP contribution in [0.15, 0.2) is 28.6 Å². The molecule has 0 fully saturated rings. The third-order valence-electron chi connectivity index (χ3n) is 2.42. The highest BCUT2D eigenvalue weighted by Crippen LogP contribution is 2.25. The van der Waals surface area contributed by atoms with Crippen molar-refractivity contribution in [3.63, 3.8) is 0 Å². The van der Waals surface area contributed by atoms with E-state index in [1.165, 1.54) is 5.56 Å². The highest BCUT2D eigenvalue weighted by Gasteiger charge is 2.05. The minimum absolute atomic E-state index is 0.380. The number of aryl methyl sites for hydroxylation is 1. The highest BCUT2D eigenvalue weighted by atomic mass is 32.2. The summed E-state index contributed by atoms with van der Waals surface area (Å²) in [5, 5.41) is 12.4. The average Bonchev–Trinajstić information content (AvgIpc) is 2.83. The van der Waals surface area contributed by atoms with Gasteiger partial charge in [0.15, 0.2) is 4.34 Å². The molecule has 4 nitrogen and oxygen atoms in total. The van der Waals surface area contributed by atoms with E-state index in [4.69, 9.17) is 4.74 Å². The van der Waals surface area contributed by atoms with Crippen LogP contribution in [-0.4, -0.2) is 28.6 Å². The monoisotopic (exact) mass is 309 g/mol. The van der Waals surface area contributed by atoms with Gasteiger partial charge in [0.1, 0.15) is 5.75 Å². The molecule has 1 aromatic heterocycles. The molecule has 0 aliphatic rings. The van der Waals surface area contributed by atoms with Crippen molar-refractivity contribution in [2.45, 2.75) is 31.2 Å². The molecule has 0 unspecified atom stereocenters. The van der Waals surface area contributed by atoms with Crippen molar-refractivity contribution >= 4 is 28.2 Å². The molecule has 0 aliphatic carbocycles. The fraction of sp³-hybridized carbons (Fsp3) is 0.429. The summed E-state index contributed by atoms with van der Waals surface area (Å²) in [6.07, 6.45) is 0. The second-order valence-electron chi connectivity index (χ2n) is 4.68. The first-order chi connectivity index (χ1) is 9.63. The zero-order valence-corrected chi connectivity index (χ0v) is 13.6. The van der Waals surface area contributed by atoms with E-state index in [2.05, 4.69) is 48.4 Å². The minimum Gasteiger partial charge on any atom is -0.493 e. The zero-order chi connectivity index (χ0) is 14.4. The molecule has 0 radical (unpaired) electrons. The molecule has 0 bridgehead atoms. The molecule has 20 heavy (non-hydrogen) atoms. The van der Waals surface area contributed by atoms with Crippen LogP contribution in [0, 0.1) is 6.92 Å². The Morgan fingerprint density at radius 1 is 1.25 bits per heavy atom. The van der Waals surface area contributed by atoms with Crippen LogP contribution in [-0.2, 0) is 0 Å². The highest BCUT2D eigenvalue weighted by molar-refractivity contribution is 8.01. The molecule has 108 valence electrons. The van der Waals surface area contributed by atoms with Crippen LogP contribution in [0.1, 0.15) is 19.4 Å². The summed E-state index contributed by atoms with van der Waals surface area (Å²) in [6.45, 7) is 6.91. The number of nitrogens with zero attached hydrogens (tertiary/aromatic N) is 2. The van der Waals surface area contributed by atoms with Gasteiger partial charge in [-0.1, -0.05) is 40.8 Å². The Kier molecular flexibility index (Phi) is 5.67. The first-order valence-electron chi connectivity index (χ1n) is 6.56. The number of benzene rings is 1. The van der Waals surface area contributed by atoms with Gasteiger partial charge >= 0.3 is 0 Å². The summed E-state index contributed by atoms with van der Waals surface area (Å²) in [5.74, 6) is 1.78. The molecule has 0 amide bonds. The van der Waals surface area contributed by atoms with Crippen molar-refractivity contribution < 1.29 is 4.74 Å². The first-order valence-corrected chi connectivity index (χ1v) is 8.36. The molecular formula is C14H19N3OS2. The number of aromatic nitrogens is 2. The Hall–Kier alpha value is -1.27. The summed E-state index contributed by atoms with van der Waals surface area (Å²) in [4.78, 5) is 0. The lowest BCUT2D eigenvalue weighted by Gasteiger charge is -2.05. The summed E-state index contributed by atoms with van der Waals surface area (Å²) < 4.78 is 6.65. The Bertz CT molecular complexity index is 525. The molecule has 0 saturated heterocycles. The van der Waals surface area contributed by atoms with Crippen LogP contribution in [0.25, 0.3) is 0 Å². The lowest BCUT2D eigenvalue weighted by molar-refractivity contribution is 0.344. The molecule has 0 spiro atoms. The molecule has 2 aromatic rings. The third-order valence-corrected chi connectivity index (χ3v) is 4.37. The van der Waals surface area contributed by atoms with Gasteiger partial charge in [-0.25, -0.2) is 0 Å². The van der Waals surface area contributed by atoms with Gasteiger partial charge in [0, 0.05) is 11.8 Å². The Balaban J connectivity index is 1.70. The van der Waals surface area contributed by atoms with Crippen LogP contribution in [0.3, 0.4) is 0 Å². The number of anilines is 1. The molecular weight excluding hydrogens is 290 g/mol. The topological polar surface area (TPSA) is 47.0 Å². The van der Waals surface area contributed by atoms with Crippen molar-refractivity contribution in [3.05, 3.63) is 29.8 Å². The second kappa shape index (κ2) is 7.50. The molecule has 0 aliphatic heterocycles. The van der Waals surface area contributed by atoms with Crippen LogP contribution in [0.4, 0.5) is 5.13 Å². The SMILES string of the molecule is Cc1ccc(OCCSc2nnc(NC(C)C)s2)cc1. The largest absolute Gasteiger partial charge is 0.493 e. The molecule has 1 heterocycles. The van der Waals surface area contributed by atoms with Crippen molar-refractivity contribution in [2.24, 2.45) is 0 Å². The Morgan fingerprint density at radius 2 is 2.00 bits per heavy atom. The molecule has 1 aromatic carbocycles. The number of hydrogen-bond acceptors (Lipinski definition) is 6. The summed E-state index contributed by atoms with van der Waals surface area (Å²) in [5.41, 5.74) is 1.24. The van der Waals surface area contributed by atoms with E-state index in [0.29, 0.717) is 12.6 Å². The summed E-state index contributed by atoms with van der Waals surface area (Å²) in [7, 11) is 0. The van der Waals surface area contributed by atoms with Crippen molar-refractivity contribution in [3.8, 4) is 5.75 Å². The predicted octanol–water partition coefficient (Wildman–Crippen LogP) is 3.84. The molecule has 6 heteroatoms. The smallest absolute Gasteiger partial charge is 0.206 e. The van der Waals surface area contributed by atoms with Gasteiger partial charge < -0.3 is 10.1 Å². The number of nitrogens with one attached hydrogen (secondary N) is 1. The fourth-order valence-electron chi connectivity index (χ4n) is 1.50. The van der Waals surface area contributed by atoms with E-state index in [0.717, 1.165) is 21.0 Å². The summed E-state index contributed by atoms with van der Waals surface area (Å²) in [6, 6.07) is 8.48. The standard InChI is InChI=1S/C14H19N3OS2/c1-10(2)15-13-16-17-14(20-13)19-9-8-18-12-6-4-11(3)5-7-12/h4-7,10H,8-9H2,1-3H3,(H,15,16). The van der Waals surface area contributed by atoms with Gasteiger partial charge in [0.25, 0.3) is 0 Å². The maximum Gasteiger partial charge on any atom is 0.206 e. The average molecular weight is 309 g/mol. The predicted molar refractivity (Wildman–Crippen MR) is 86.1 cm³/mol. The number of thioether (sulfide) groups is 1. The van der Waals surface area contributed by atoms with Crippen molar-refractivity contribution in [1.82, 2.24) is 10.2 Å². The van der Waals surface area contributed by atoms with Gasteiger partial charge in [0.05, 0.1) is 6.61 Å². The van der Waals surface area contributed by atoms with Gasteiger partial charge in [-0.2, -0.15) is 0 Å². The normalized spacial score (nSPS) is 10.8. The van der Waals surface area contributed by atoms with Crippen molar-refractivity contribution in [1.29, 1.82) is 0 Å².